The quantitative estimate of drug-likeness (QED) is 0.779. The van der Waals surface area contributed by atoms with Crippen molar-refractivity contribution in [3.63, 3.8) is 0 Å². The molecule has 1 amide bonds. The van der Waals surface area contributed by atoms with E-state index in [0.717, 1.165) is 30.6 Å². The first kappa shape index (κ1) is 19.4. The number of halogens is 1. The lowest BCUT2D eigenvalue weighted by Gasteiger charge is -2.38. The molecule has 2 atom stereocenters. The summed E-state index contributed by atoms with van der Waals surface area (Å²) in [4.78, 5) is 28.6. The van der Waals surface area contributed by atoms with Gasteiger partial charge in [0, 0.05) is 32.0 Å². The third-order valence-corrected chi connectivity index (χ3v) is 5.54. The number of rotatable bonds is 4. The van der Waals surface area contributed by atoms with Crippen LogP contribution in [0.15, 0.2) is 24.7 Å². The minimum absolute atomic E-state index is 0.0298. The minimum atomic E-state index is -0.372. The molecule has 9 heteroatoms. The van der Waals surface area contributed by atoms with E-state index in [2.05, 4.69) is 21.9 Å². The van der Waals surface area contributed by atoms with Gasteiger partial charge in [0.25, 0.3) is 0 Å². The largest absolute Gasteiger partial charge is 0.474 e. The van der Waals surface area contributed by atoms with Gasteiger partial charge in [0.15, 0.2) is 0 Å². The average molecular weight is 401 g/mol. The number of piperidine rings is 1. The summed E-state index contributed by atoms with van der Waals surface area (Å²) in [5.74, 6) is 1.59. The molecule has 154 valence electrons. The average Bonchev–Trinajstić information content (AvgIpc) is 3.19. The highest BCUT2D eigenvalue weighted by atomic mass is 19.1. The highest BCUT2D eigenvalue weighted by molar-refractivity contribution is 5.68. The fourth-order valence-electron chi connectivity index (χ4n) is 4.04. The summed E-state index contributed by atoms with van der Waals surface area (Å²) in [5.41, 5.74) is 0.932. The molecule has 4 heterocycles. The highest BCUT2D eigenvalue weighted by Crippen LogP contribution is 2.36. The van der Waals surface area contributed by atoms with Gasteiger partial charge in [0.05, 0.1) is 18.9 Å². The lowest BCUT2D eigenvalue weighted by atomic mass is 9.98. The molecule has 2 aliphatic rings. The number of ether oxygens (including phenoxy) is 2. The topological polar surface area (TPSA) is 80.7 Å². The first-order chi connectivity index (χ1) is 14.1. The molecule has 0 aromatic carbocycles. The van der Waals surface area contributed by atoms with Gasteiger partial charge in [-0.2, -0.15) is 0 Å². The number of nitrogens with zero attached hydrogens (tertiary/aromatic N) is 5. The molecule has 0 aliphatic carbocycles. The van der Waals surface area contributed by atoms with Gasteiger partial charge in [-0.15, -0.1) is 0 Å². The van der Waals surface area contributed by atoms with E-state index < -0.39 is 0 Å². The maximum atomic E-state index is 13.2. The molecule has 2 aromatic rings. The Bertz CT molecular complexity index is 879. The monoisotopic (exact) mass is 401 g/mol. The molecule has 0 spiro atoms. The molecular formula is C20H24FN5O3. The van der Waals surface area contributed by atoms with Crippen LogP contribution in [-0.2, 0) is 11.2 Å². The summed E-state index contributed by atoms with van der Waals surface area (Å²) in [7, 11) is 1.41. The van der Waals surface area contributed by atoms with Crippen LogP contribution < -0.4 is 9.64 Å². The van der Waals surface area contributed by atoms with Crippen molar-refractivity contribution in [3.8, 4) is 5.88 Å². The van der Waals surface area contributed by atoms with Gasteiger partial charge in [0.1, 0.15) is 29.9 Å². The smallest absolute Gasteiger partial charge is 0.409 e. The molecule has 4 rings (SSSR count). The van der Waals surface area contributed by atoms with Gasteiger partial charge in [-0.25, -0.2) is 24.1 Å². The number of aromatic nitrogens is 3. The van der Waals surface area contributed by atoms with Crippen molar-refractivity contribution < 1.29 is 18.7 Å². The number of amides is 1. The van der Waals surface area contributed by atoms with Gasteiger partial charge < -0.3 is 19.3 Å². The number of anilines is 2. The molecule has 0 N–H and O–H groups in total. The Hall–Kier alpha value is -2.97. The third kappa shape index (κ3) is 3.81. The van der Waals surface area contributed by atoms with Crippen molar-refractivity contribution in [2.75, 3.05) is 25.1 Å². The summed E-state index contributed by atoms with van der Waals surface area (Å²) in [6.07, 6.45) is 5.37. The van der Waals surface area contributed by atoms with Crippen LogP contribution in [0.2, 0.25) is 0 Å². The Labute approximate surface area is 168 Å². The van der Waals surface area contributed by atoms with Gasteiger partial charge >= 0.3 is 6.09 Å². The number of hydrogen-bond donors (Lipinski definition) is 0. The Morgan fingerprint density at radius 2 is 2.14 bits per heavy atom. The molecule has 0 radical (unpaired) electrons. The number of carbonyl (C=O) groups is 1. The molecule has 0 bridgehead atoms. The molecule has 2 aromatic heterocycles. The fraction of sp³-hybridized carbons (Fsp3) is 0.500. The van der Waals surface area contributed by atoms with Crippen molar-refractivity contribution in [1.82, 2.24) is 19.9 Å². The molecule has 2 aliphatic heterocycles. The zero-order valence-electron chi connectivity index (χ0n) is 16.5. The van der Waals surface area contributed by atoms with E-state index in [1.165, 1.54) is 25.7 Å². The van der Waals surface area contributed by atoms with Crippen LogP contribution >= 0.6 is 0 Å². The Morgan fingerprint density at radius 1 is 1.28 bits per heavy atom. The van der Waals surface area contributed by atoms with E-state index in [1.807, 2.05) is 4.90 Å². The number of pyridine rings is 1. The maximum Gasteiger partial charge on any atom is 0.409 e. The second kappa shape index (κ2) is 8.18. The second-order valence-corrected chi connectivity index (χ2v) is 7.21. The first-order valence-electron chi connectivity index (χ1n) is 9.85. The first-order valence-corrected chi connectivity index (χ1v) is 9.85. The van der Waals surface area contributed by atoms with E-state index in [4.69, 9.17) is 9.47 Å². The maximum absolute atomic E-state index is 13.2. The number of carbonyl (C=O) groups excluding carboxylic acids is 1. The summed E-state index contributed by atoms with van der Waals surface area (Å²) in [6, 6.07) is 3.11. The van der Waals surface area contributed by atoms with E-state index in [1.54, 1.807) is 11.0 Å². The van der Waals surface area contributed by atoms with Crippen LogP contribution in [0.5, 0.6) is 5.88 Å². The molecule has 1 saturated heterocycles. The van der Waals surface area contributed by atoms with Crippen molar-refractivity contribution in [1.29, 1.82) is 0 Å². The second-order valence-electron chi connectivity index (χ2n) is 7.21. The third-order valence-electron chi connectivity index (χ3n) is 5.54. The number of methoxy groups -OCH3 is 1. The van der Waals surface area contributed by atoms with Crippen molar-refractivity contribution in [2.24, 2.45) is 0 Å². The predicted octanol–water partition coefficient (Wildman–Crippen LogP) is 3.09. The van der Waals surface area contributed by atoms with E-state index in [9.17, 15) is 9.18 Å². The van der Waals surface area contributed by atoms with E-state index in [0.29, 0.717) is 31.2 Å². The van der Waals surface area contributed by atoms with Crippen LogP contribution in [0, 0.1) is 5.82 Å². The Balaban J connectivity index is 1.50. The predicted molar refractivity (Wildman–Crippen MR) is 104 cm³/mol. The Morgan fingerprint density at radius 3 is 2.86 bits per heavy atom. The van der Waals surface area contributed by atoms with Crippen LogP contribution in [-0.4, -0.2) is 58.3 Å². The molecule has 29 heavy (non-hydrogen) atoms. The lowest BCUT2D eigenvalue weighted by Crippen LogP contribution is -2.48. The zero-order valence-corrected chi connectivity index (χ0v) is 16.5. The number of fused-ring (bicyclic) bond motifs is 1. The van der Waals surface area contributed by atoms with Gasteiger partial charge in [-0.1, -0.05) is 6.92 Å². The summed E-state index contributed by atoms with van der Waals surface area (Å²) >= 11 is 0. The zero-order chi connectivity index (χ0) is 20.4. The Kier molecular flexibility index (Phi) is 5.46. The number of likely N-dealkylation sites (tertiary alicyclic amines) is 1. The van der Waals surface area contributed by atoms with Crippen molar-refractivity contribution >= 4 is 17.7 Å². The van der Waals surface area contributed by atoms with Gasteiger partial charge in [0.2, 0.25) is 5.88 Å². The number of hydrogen-bond acceptors (Lipinski definition) is 7. The summed E-state index contributed by atoms with van der Waals surface area (Å²) in [6.45, 7) is 3.33. The highest BCUT2D eigenvalue weighted by Gasteiger charge is 2.34. The SMILES string of the molecule is CCC1CC(Oc2ncnc3c2CCN3c2ccc(F)cn2)CCN1C(=O)OC. The van der Waals surface area contributed by atoms with Crippen LogP contribution in [0.4, 0.5) is 20.8 Å². The molecule has 2 unspecified atom stereocenters. The van der Waals surface area contributed by atoms with E-state index >= 15 is 0 Å². The van der Waals surface area contributed by atoms with Gasteiger partial charge in [-0.05, 0) is 25.0 Å². The van der Waals surface area contributed by atoms with Crippen LogP contribution in [0.1, 0.15) is 31.7 Å². The van der Waals surface area contributed by atoms with Crippen LogP contribution in [0.3, 0.4) is 0 Å². The molecule has 1 fully saturated rings. The van der Waals surface area contributed by atoms with Crippen molar-refractivity contribution in [2.45, 2.75) is 44.8 Å². The van der Waals surface area contributed by atoms with E-state index in [-0.39, 0.29) is 24.1 Å². The van der Waals surface area contributed by atoms with Crippen LogP contribution in [0.25, 0.3) is 0 Å². The normalized spacial score (nSPS) is 21.1. The molecule has 8 nitrogen and oxygen atoms in total. The molecular weight excluding hydrogens is 377 g/mol. The summed E-state index contributed by atoms with van der Waals surface area (Å²) < 4.78 is 24.3. The molecule has 0 saturated carbocycles. The fourth-order valence-corrected chi connectivity index (χ4v) is 4.04. The summed E-state index contributed by atoms with van der Waals surface area (Å²) in [5, 5.41) is 0. The standard InChI is InChI=1S/C20H24FN5O3/c1-3-14-10-15(6-8-25(14)20(27)28-2)29-19-16-7-9-26(18(16)23-12-24-19)17-5-4-13(21)11-22-17/h4-5,11-12,14-15H,3,6-10H2,1-2H3. The minimum Gasteiger partial charge on any atom is -0.474 e. The lowest BCUT2D eigenvalue weighted by molar-refractivity contribution is 0.0431. The van der Waals surface area contributed by atoms with Gasteiger partial charge in [-0.3, -0.25) is 0 Å². The van der Waals surface area contributed by atoms with Crippen molar-refractivity contribution in [3.05, 3.63) is 36.0 Å².